The van der Waals surface area contributed by atoms with Crippen molar-refractivity contribution in [2.45, 2.75) is 19.3 Å². The second kappa shape index (κ2) is 11.2. The first-order chi connectivity index (χ1) is 24.5. The highest BCUT2D eigenvalue weighted by Crippen LogP contribution is 2.50. The Morgan fingerprint density at radius 1 is 0.460 bits per heavy atom. The number of rotatable bonds is 4. The van der Waals surface area contributed by atoms with Crippen LogP contribution in [0.25, 0.3) is 72.0 Å². The standard InChI is InChI=1S/C47H31N3/c1-47(2)42-16-10-9-15-37(42)38-20-17-35(27-43(38)47)39-24-30(28-48)23-36(29-49)46(39)50-44-21-18-33(31-11-5-3-6-12-31)25-40(44)41-26-34(19-22-45(41)50)32-13-7-4-8-14-32/h3-27H,1-2H3. The van der Waals surface area contributed by atoms with E-state index in [1.165, 1.54) is 22.3 Å². The molecule has 0 N–H and O–H groups in total. The van der Waals surface area contributed by atoms with Crippen molar-refractivity contribution in [3.05, 3.63) is 174 Å². The minimum absolute atomic E-state index is 0.193. The third kappa shape index (κ3) is 4.42. The Bertz CT molecular complexity index is 2640. The van der Waals surface area contributed by atoms with Crippen LogP contribution in [0.3, 0.4) is 0 Å². The molecule has 0 aliphatic heterocycles. The van der Waals surface area contributed by atoms with Crippen molar-refractivity contribution in [2.24, 2.45) is 0 Å². The van der Waals surface area contributed by atoms with E-state index in [9.17, 15) is 10.5 Å². The Labute approximate surface area is 291 Å². The van der Waals surface area contributed by atoms with E-state index >= 15 is 0 Å². The molecular formula is C47H31N3. The van der Waals surface area contributed by atoms with Crippen LogP contribution in [0.4, 0.5) is 0 Å². The molecule has 3 nitrogen and oxygen atoms in total. The Hall–Kier alpha value is -6.68. The zero-order chi connectivity index (χ0) is 34.0. The Morgan fingerprint density at radius 3 is 1.62 bits per heavy atom. The first-order valence-corrected chi connectivity index (χ1v) is 16.9. The molecule has 0 saturated heterocycles. The molecule has 1 aromatic heterocycles. The third-order valence-electron chi connectivity index (χ3n) is 10.5. The van der Waals surface area contributed by atoms with Crippen LogP contribution in [0.1, 0.15) is 36.1 Å². The second-order valence-electron chi connectivity index (χ2n) is 13.6. The number of hydrogen-bond donors (Lipinski definition) is 0. The molecule has 1 aliphatic carbocycles. The van der Waals surface area contributed by atoms with Gasteiger partial charge >= 0.3 is 0 Å². The second-order valence-corrected chi connectivity index (χ2v) is 13.6. The van der Waals surface area contributed by atoms with E-state index in [-0.39, 0.29) is 5.41 Å². The summed E-state index contributed by atoms with van der Waals surface area (Å²) in [5.74, 6) is 0. The summed E-state index contributed by atoms with van der Waals surface area (Å²) in [7, 11) is 0. The fourth-order valence-corrected chi connectivity index (χ4v) is 8.00. The van der Waals surface area contributed by atoms with Gasteiger partial charge in [0.05, 0.1) is 33.9 Å². The van der Waals surface area contributed by atoms with E-state index in [1.807, 2.05) is 18.2 Å². The van der Waals surface area contributed by atoms with Gasteiger partial charge in [-0.15, -0.1) is 0 Å². The highest BCUT2D eigenvalue weighted by molar-refractivity contribution is 6.12. The first-order valence-electron chi connectivity index (χ1n) is 16.9. The predicted molar refractivity (Wildman–Crippen MR) is 204 cm³/mol. The minimum Gasteiger partial charge on any atom is -0.307 e. The number of hydrogen-bond acceptors (Lipinski definition) is 2. The zero-order valence-corrected chi connectivity index (χ0v) is 27.8. The van der Waals surface area contributed by atoms with Gasteiger partial charge in [0.1, 0.15) is 6.07 Å². The van der Waals surface area contributed by atoms with Crippen LogP contribution in [0.2, 0.25) is 0 Å². The van der Waals surface area contributed by atoms with E-state index in [0.29, 0.717) is 11.1 Å². The lowest BCUT2D eigenvalue weighted by Gasteiger charge is -2.23. The molecule has 234 valence electrons. The molecular weight excluding hydrogens is 607 g/mol. The van der Waals surface area contributed by atoms with Gasteiger partial charge in [0, 0.05) is 21.8 Å². The van der Waals surface area contributed by atoms with Crippen LogP contribution in [0.15, 0.2) is 152 Å². The zero-order valence-electron chi connectivity index (χ0n) is 27.8. The molecule has 1 aliphatic rings. The average molecular weight is 638 g/mol. The number of benzene rings is 7. The van der Waals surface area contributed by atoms with Gasteiger partial charge in [-0.05, 0) is 92.5 Å². The highest BCUT2D eigenvalue weighted by Gasteiger charge is 2.35. The molecule has 0 radical (unpaired) electrons. The molecule has 7 aromatic carbocycles. The van der Waals surface area contributed by atoms with Crippen molar-refractivity contribution in [1.82, 2.24) is 4.57 Å². The summed E-state index contributed by atoms with van der Waals surface area (Å²) in [5, 5.41) is 23.1. The Kier molecular flexibility index (Phi) is 6.60. The maximum absolute atomic E-state index is 10.7. The van der Waals surface area contributed by atoms with Gasteiger partial charge in [0.2, 0.25) is 0 Å². The Morgan fingerprint density at radius 2 is 1.02 bits per heavy atom. The molecule has 1 heterocycles. The fraction of sp³-hybridized carbons (Fsp3) is 0.0638. The summed E-state index contributed by atoms with van der Waals surface area (Å²) in [5.41, 5.74) is 14.9. The van der Waals surface area contributed by atoms with E-state index in [2.05, 4.69) is 158 Å². The highest BCUT2D eigenvalue weighted by atomic mass is 15.0. The van der Waals surface area contributed by atoms with Crippen molar-refractivity contribution in [3.8, 4) is 62.3 Å². The van der Waals surface area contributed by atoms with E-state index in [4.69, 9.17) is 0 Å². The maximum atomic E-state index is 10.7. The lowest BCUT2D eigenvalue weighted by Crippen LogP contribution is -2.15. The predicted octanol–water partition coefficient (Wildman–Crippen LogP) is 11.8. The van der Waals surface area contributed by atoms with Gasteiger partial charge in [0.25, 0.3) is 0 Å². The van der Waals surface area contributed by atoms with Crippen molar-refractivity contribution in [1.29, 1.82) is 10.5 Å². The van der Waals surface area contributed by atoms with Gasteiger partial charge < -0.3 is 4.57 Å². The van der Waals surface area contributed by atoms with E-state index in [0.717, 1.165) is 60.9 Å². The van der Waals surface area contributed by atoms with Crippen LogP contribution in [-0.4, -0.2) is 4.57 Å². The molecule has 0 fully saturated rings. The lowest BCUT2D eigenvalue weighted by atomic mass is 9.81. The molecule has 0 saturated carbocycles. The minimum atomic E-state index is -0.193. The number of aromatic nitrogens is 1. The Balaban J connectivity index is 1.35. The smallest absolute Gasteiger partial charge is 0.101 e. The van der Waals surface area contributed by atoms with Crippen LogP contribution in [0.5, 0.6) is 0 Å². The molecule has 3 heteroatoms. The number of nitriles is 2. The summed E-state index contributed by atoms with van der Waals surface area (Å²) in [6.07, 6.45) is 0. The maximum Gasteiger partial charge on any atom is 0.101 e. The summed E-state index contributed by atoms with van der Waals surface area (Å²) in [4.78, 5) is 0. The largest absolute Gasteiger partial charge is 0.307 e. The van der Waals surface area contributed by atoms with E-state index < -0.39 is 0 Å². The van der Waals surface area contributed by atoms with Gasteiger partial charge in [-0.1, -0.05) is 123 Å². The topological polar surface area (TPSA) is 52.5 Å². The molecule has 0 spiro atoms. The number of fused-ring (bicyclic) bond motifs is 6. The quantitative estimate of drug-likeness (QED) is 0.193. The number of nitrogens with zero attached hydrogens (tertiary/aromatic N) is 3. The summed E-state index contributed by atoms with van der Waals surface area (Å²) in [6.45, 7) is 4.55. The molecule has 0 amide bonds. The first kappa shape index (κ1) is 29.5. The molecule has 8 aromatic rings. The fourth-order valence-electron chi connectivity index (χ4n) is 8.00. The van der Waals surface area contributed by atoms with Crippen molar-refractivity contribution < 1.29 is 0 Å². The van der Waals surface area contributed by atoms with Crippen molar-refractivity contribution in [3.63, 3.8) is 0 Å². The molecule has 50 heavy (non-hydrogen) atoms. The van der Waals surface area contributed by atoms with Gasteiger partial charge in [-0.3, -0.25) is 0 Å². The van der Waals surface area contributed by atoms with Crippen molar-refractivity contribution in [2.75, 3.05) is 0 Å². The molecule has 0 bridgehead atoms. The molecule has 0 atom stereocenters. The normalized spacial score (nSPS) is 12.7. The molecule has 9 rings (SSSR count). The van der Waals surface area contributed by atoms with E-state index in [1.54, 1.807) is 6.07 Å². The summed E-state index contributed by atoms with van der Waals surface area (Å²) in [6, 6.07) is 57.8. The van der Waals surface area contributed by atoms with Crippen LogP contribution in [-0.2, 0) is 5.41 Å². The molecule has 0 unspecified atom stereocenters. The lowest BCUT2D eigenvalue weighted by molar-refractivity contribution is 0.660. The SMILES string of the molecule is CC1(C)c2ccccc2-c2ccc(-c3cc(C#N)cc(C#N)c3-n3c4ccc(-c5ccccc5)cc4c4cc(-c5ccccc5)ccc43)cc21. The monoisotopic (exact) mass is 637 g/mol. The summed E-state index contributed by atoms with van der Waals surface area (Å²) < 4.78 is 2.23. The third-order valence-corrected chi connectivity index (χ3v) is 10.5. The summed E-state index contributed by atoms with van der Waals surface area (Å²) >= 11 is 0. The van der Waals surface area contributed by atoms with Crippen LogP contribution in [0, 0.1) is 22.7 Å². The van der Waals surface area contributed by atoms with Crippen molar-refractivity contribution >= 4 is 21.8 Å². The van der Waals surface area contributed by atoms with Crippen LogP contribution >= 0.6 is 0 Å². The van der Waals surface area contributed by atoms with Gasteiger partial charge in [-0.25, -0.2) is 0 Å². The van der Waals surface area contributed by atoms with Gasteiger partial charge in [-0.2, -0.15) is 10.5 Å². The van der Waals surface area contributed by atoms with Crippen LogP contribution < -0.4 is 0 Å². The van der Waals surface area contributed by atoms with Gasteiger partial charge in [0.15, 0.2) is 0 Å². The average Bonchev–Trinajstić information content (AvgIpc) is 3.62.